The van der Waals surface area contributed by atoms with Gasteiger partial charge in [-0.2, -0.15) is 8.78 Å². The summed E-state index contributed by atoms with van der Waals surface area (Å²) in [5, 5.41) is 2.20. The Morgan fingerprint density at radius 2 is 2.00 bits per heavy atom. The molecule has 1 atom stereocenters. The van der Waals surface area contributed by atoms with E-state index in [9.17, 15) is 13.6 Å². The maximum absolute atomic E-state index is 12.0. The number of para-hydroxylation sites is 1. The second-order valence-corrected chi connectivity index (χ2v) is 3.27. The van der Waals surface area contributed by atoms with Gasteiger partial charge in [-0.1, -0.05) is 18.2 Å². The summed E-state index contributed by atoms with van der Waals surface area (Å²) in [5.74, 6) is -0.719. The molecule has 3 nitrogen and oxygen atoms in total. The van der Waals surface area contributed by atoms with Gasteiger partial charge >= 0.3 is 6.43 Å². The predicted molar refractivity (Wildman–Crippen MR) is 55.6 cm³/mol. The van der Waals surface area contributed by atoms with Crippen LogP contribution in [0, 0.1) is 0 Å². The summed E-state index contributed by atoms with van der Waals surface area (Å²) in [6.45, 7) is 1.62. The minimum atomic E-state index is -3.00. The molecule has 0 saturated heterocycles. The molecular weight excluding hydrogens is 216 g/mol. The Hall–Kier alpha value is -1.65. The van der Waals surface area contributed by atoms with Crippen molar-refractivity contribution in [1.29, 1.82) is 0 Å². The van der Waals surface area contributed by atoms with Crippen LogP contribution in [0.4, 0.5) is 8.78 Å². The molecule has 88 valence electrons. The van der Waals surface area contributed by atoms with Crippen LogP contribution in [0.5, 0.6) is 5.75 Å². The molecule has 0 aliphatic carbocycles. The maximum Gasteiger partial charge on any atom is 0.315 e. The van der Waals surface area contributed by atoms with Crippen LogP contribution in [-0.4, -0.2) is 19.4 Å². The normalized spacial score (nSPS) is 12.3. The molecule has 1 rings (SSSR count). The highest BCUT2D eigenvalue weighted by Crippen LogP contribution is 2.24. The Labute approximate surface area is 92.4 Å². The third-order valence-corrected chi connectivity index (χ3v) is 2.16. The van der Waals surface area contributed by atoms with Gasteiger partial charge in [-0.3, -0.25) is 4.79 Å². The zero-order chi connectivity index (χ0) is 12.1. The van der Waals surface area contributed by atoms with Gasteiger partial charge in [0, 0.05) is 5.56 Å². The highest BCUT2D eigenvalue weighted by atomic mass is 19.3. The van der Waals surface area contributed by atoms with Gasteiger partial charge in [0.25, 0.3) is 5.91 Å². The van der Waals surface area contributed by atoms with Crippen molar-refractivity contribution in [2.75, 3.05) is 7.11 Å². The van der Waals surface area contributed by atoms with Gasteiger partial charge in [0.15, 0.2) is 0 Å². The number of halogens is 2. The summed E-state index contributed by atoms with van der Waals surface area (Å²) >= 11 is 0. The van der Waals surface area contributed by atoms with Crippen LogP contribution in [0.3, 0.4) is 0 Å². The average molecular weight is 229 g/mol. The molecule has 0 heterocycles. The minimum Gasteiger partial charge on any atom is -0.496 e. The average Bonchev–Trinajstić information content (AvgIpc) is 2.28. The fraction of sp³-hybridized carbons (Fsp3) is 0.364. The van der Waals surface area contributed by atoms with Crippen LogP contribution in [-0.2, 0) is 4.79 Å². The highest BCUT2D eigenvalue weighted by molar-refractivity contribution is 5.79. The number of carbonyl (C=O) groups excluding carboxylic acids is 1. The van der Waals surface area contributed by atoms with E-state index in [1.165, 1.54) is 7.11 Å². The molecule has 0 saturated carbocycles. The maximum atomic E-state index is 12.0. The number of alkyl halides is 2. The van der Waals surface area contributed by atoms with Gasteiger partial charge < -0.3 is 10.1 Å². The molecule has 1 amide bonds. The van der Waals surface area contributed by atoms with Crippen molar-refractivity contribution < 1.29 is 18.3 Å². The molecule has 16 heavy (non-hydrogen) atoms. The third-order valence-electron chi connectivity index (χ3n) is 2.16. The lowest BCUT2D eigenvalue weighted by Crippen LogP contribution is -2.32. The van der Waals surface area contributed by atoms with Crippen molar-refractivity contribution in [2.24, 2.45) is 0 Å². The Balaban J connectivity index is 2.80. The van der Waals surface area contributed by atoms with Crippen molar-refractivity contribution in [3.05, 3.63) is 29.8 Å². The topological polar surface area (TPSA) is 38.3 Å². The lowest BCUT2D eigenvalue weighted by atomic mass is 10.1. The van der Waals surface area contributed by atoms with Crippen molar-refractivity contribution >= 4 is 5.91 Å². The van der Waals surface area contributed by atoms with Gasteiger partial charge in [-0.25, -0.2) is 0 Å². The van der Waals surface area contributed by atoms with Crippen LogP contribution in [0.2, 0.25) is 0 Å². The smallest absolute Gasteiger partial charge is 0.315 e. The van der Waals surface area contributed by atoms with E-state index in [2.05, 4.69) is 5.32 Å². The molecule has 1 N–H and O–H groups in total. The Morgan fingerprint density at radius 1 is 1.38 bits per heavy atom. The molecule has 5 heteroatoms. The van der Waals surface area contributed by atoms with E-state index >= 15 is 0 Å². The summed E-state index contributed by atoms with van der Waals surface area (Å²) in [5.41, 5.74) is 0.666. The standard InChI is InChI=1S/C11H13F2NO2/c1-7(14-11(15)10(12)13)8-5-3-4-6-9(8)16-2/h3-7,10H,1-2H3,(H,14,15)/t7-/m0/s1. The summed E-state index contributed by atoms with van der Waals surface area (Å²) in [7, 11) is 1.49. The van der Waals surface area contributed by atoms with Crippen LogP contribution in [0.25, 0.3) is 0 Å². The summed E-state index contributed by atoms with van der Waals surface area (Å²) < 4.78 is 29.2. The van der Waals surface area contributed by atoms with E-state index in [1.54, 1.807) is 31.2 Å². The van der Waals surface area contributed by atoms with Crippen LogP contribution < -0.4 is 10.1 Å². The molecule has 0 aromatic heterocycles. The second-order valence-electron chi connectivity index (χ2n) is 3.27. The van der Waals surface area contributed by atoms with E-state index in [0.717, 1.165) is 0 Å². The second kappa shape index (κ2) is 5.44. The first-order chi connectivity index (χ1) is 7.56. The lowest BCUT2D eigenvalue weighted by Gasteiger charge is -2.16. The molecule has 0 aliphatic rings. The SMILES string of the molecule is COc1ccccc1[C@H](C)NC(=O)C(F)F. The fourth-order valence-electron chi connectivity index (χ4n) is 1.38. The Bertz CT molecular complexity index is 369. The number of methoxy groups -OCH3 is 1. The summed E-state index contributed by atoms with van der Waals surface area (Å²) in [6, 6.07) is 6.43. The molecule has 0 unspecified atom stereocenters. The number of hydrogen-bond donors (Lipinski definition) is 1. The van der Waals surface area contributed by atoms with Gasteiger partial charge in [0.1, 0.15) is 5.75 Å². The predicted octanol–water partition coefficient (Wildman–Crippen LogP) is 2.14. The first-order valence-corrected chi connectivity index (χ1v) is 4.77. The number of nitrogens with one attached hydrogen (secondary N) is 1. The van der Waals surface area contributed by atoms with Gasteiger partial charge in [-0.05, 0) is 13.0 Å². The summed E-state index contributed by atoms with van der Waals surface area (Å²) in [6.07, 6.45) is -3.00. The molecular formula is C11H13F2NO2. The highest BCUT2D eigenvalue weighted by Gasteiger charge is 2.19. The number of amides is 1. The quantitative estimate of drug-likeness (QED) is 0.859. The van der Waals surface area contributed by atoms with E-state index < -0.39 is 18.4 Å². The zero-order valence-electron chi connectivity index (χ0n) is 9.04. The molecule has 0 radical (unpaired) electrons. The van der Waals surface area contributed by atoms with Crippen molar-refractivity contribution in [3.63, 3.8) is 0 Å². The lowest BCUT2D eigenvalue weighted by molar-refractivity contribution is -0.132. The van der Waals surface area contributed by atoms with Crippen molar-refractivity contribution in [1.82, 2.24) is 5.32 Å². The monoisotopic (exact) mass is 229 g/mol. The fourth-order valence-corrected chi connectivity index (χ4v) is 1.38. The molecule has 1 aromatic carbocycles. The van der Waals surface area contributed by atoms with Crippen LogP contribution >= 0.6 is 0 Å². The number of benzene rings is 1. The van der Waals surface area contributed by atoms with Gasteiger partial charge in [-0.15, -0.1) is 0 Å². The van der Waals surface area contributed by atoms with Gasteiger partial charge in [0.05, 0.1) is 13.2 Å². The Morgan fingerprint density at radius 3 is 2.56 bits per heavy atom. The third kappa shape index (κ3) is 2.92. The molecule has 1 aromatic rings. The van der Waals surface area contributed by atoms with Crippen molar-refractivity contribution in [2.45, 2.75) is 19.4 Å². The minimum absolute atomic E-state index is 0.516. The summed E-state index contributed by atoms with van der Waals surface area (Å²) in [4.78, 5) is 10.8. The molecule has 0 spiro atoms. The van der Waals surface area contributed by atoms with Crippen LogP contribution in [0.1, 0.15) is 18.5 Å². The van der Waals surface area contributed by atoms with Crippen molar-refractivity contribution in [3.8, 4) is 5.75 Å². The number of ether oxygens (including phenoxy) is 1. The molecule has 0 aliphatic heterocycles. The first-order valence-electron chi connectivity index (χ1n) is 4.77. The first kappa shape index (κ1) is 12.4. The Kier molecular flexibility index (Phi) is 4.22. The van der Waals surface area contributed by atoms with Gasteiger partial charge in [0.2, 0.25) is 0 Å². The van der Waals surface area contributed by atoms with E-state index in [-0.39, 0.29) is 0 Å². The molecule has 0 fully saturated rings. The number of hydrogen-bond acceptors (Lipinski definition) is 2. The number of carbonyl (C=O) groups is 1. The van der Waals surface area contributed by atoms with Crippen LogP contribution in [0.15, 0.2) is 24.3 Å². The number of rotatable bonds is 4. The largest absolute Gasteiger partial charge is 0.496 e. The molecule has 0 bridgehead atoms. The van der Waals surface area contributed by atoms with E-state index in [1.807, 2.05) is 0 Å². The zero-order valence-corrected chi connectivity index (χ0v) is 9.04. The van der Waals surface area contributed by atoms with E-state index in [4.69, 9.17) is 4.74 Å². The van der Waals surface area contributed by atoms with E-state index in [0.29, 0.717) is 11.3 Å².